The van der Waals surface area contributed by atoms with Crippen LogP contribution in [0.2, 0.25) is 0 Å². The molecule has 0 atom stereocenters. The van der Waals surface area contributed by atoms with E-state index < -0.39 is 5.97 Å². The van der Waals surface area contributed by atoms with Gasteiger partial charge in [-0.05, 0) is 13.0 Å². The maximum absolute atomic E-state index is 11.0. The van der Waals surface area contributed by atoms with Crippen LogP contribution in [0.25, 0.3) is 0 Å². The molecule has 0 saturated heterocycles. The highest BCUT2D eigenvalue weighted by Crippen LogP contribution is 2.07. The Kier molecular flexibility index (Phi) is 2.95. The van der Waals surface area contributed by atoms with E-state index >= 15 is 0 Å². The number of aromatic carboxylic acids is 1. The summed E-state index contributed by atoms with van der Waals surface area (Å²) in [6.45, 7) is 2.39. The molecule has 0 radical (unpaired) electrons. The van der Waals surface area contributed by atoms with E-state index in [2.05, 4.69) is 10.1 Å². The standard InChI is InChI=1S/C11H14N4O2/c1-8-12-7-10(11(16)17)15(8)6-4-9-3-5-13-14(9)2/h3,5,7H,4,6H2,1-2H3,(H,16,17). The van der Waals surface area contributed by atoms with Gasteiger partial charge in [0.05, 0.1) is 6.20 Å². The zero-order valence-corrected chi connectivity index (χ0v) is 9.79. The first-order valence-corrected chi connectivity index (χ1v) is 5.32. The van der Waals surface area contributed by atoms with Gasteiger partial charge in [0.25, 0.3) is 0 Å². The molecule has 0 spiro atoms. The largest absolute Gasteiger partial charge is 0.477 e. The maximum atomic E-state index is 11.0. The van der Waals surface area contributed by atoms with E-state index in [1.807, 2.05) is 13.1 Å². The summed E-state index contributed by atoms with van der Waals surface area (Å²) in [6, 6.07) is 1.92. The van der Waals surface area contributed by atoms with Crippen LogP contribution in [-0.4, -0.2) is 30.4 Å². The van der Waals surface area contributed by atoms with Gasteiger partial charge in [-0.1, -0.05) is 0 Å². The Balaban J connectivity index is 2.16. The summed E-state index contributed by atoms with van der Waals surface area (Å²) in [5.41, 5.74) is 1.29. The molecule has 6 heteroatoms. The molecule has 0 unspecified atom stereocenters. The van der Waals surface area contributed by atoms with Gasteiger partial charge < -0.3 is 9.67 Å². The highest BCUT2D eigenvalue weighted by molar-refractivity contribution is 5.85. The van der Waals surface area contributed by atoms with E-state index in [0.29, 0.717) is 12.4 Å². The van der Waals surface area contributed by atoms with Crippen LogP contribution in [-0.2, 0) is 20.0 Å². The van der Waals surface area contributed by atoms with Crippen LogP contribution in [0.4, 0.5) is 0 Å². The summed E-state index contributed by atoms with van der Waals surface area (Å²) < 4.78 is 3.49. The quantitative estimate of drug-likeness (QED) is 0.851. The predicted molar refractivity (Wildman–Crippen MR) is 60.8 cm³/mol. The highest BCUT2D eigenvalue weighted by atomic mass is 16.4. The lowest BCUT2D eigenvalue weighted by Gasteiger charge is -2.07. The molecular weight excluding hydrogens is 220 g/mol. The van der Waals surface area contributed by atoms with Gasteiger partial charge in [-0.3, -0.25) is 4.68 Å². The van der Waals surface area contributed by atoms with Crippen LogP contribution in [0, 0.1) is 6.92 Å². The Morgan fingerprint density at radius 3 is 2.88 bits per heavy atom. The first kappa shape index (κ1) is 11.4. The van der Waals surface area contributed by atoms with Crippen LogP contribution in [0.3, 0.4) is 0 Å². The normalized spacial score (nSPS) is 10.7. The Bertz CT molecular complexity index is 541. The van der Waals surface area contributed by atoms with Crippen molar-refractivity contribution in [2.45, 2.75) is 19.9 Å². The summed E-state index contributed by atoms with van der Waals surface area (Å²) in [5.74, 6) is -0.236. The summed E-state index contributed by atoms with van der Waals surface area (Å²) >= 11 is 0. The third-order valence-electron chi connectivity index (χ3n) is 2.79. The zero-order valence-electron chi connectivity index (χ0n) is 9.79. The Morgan fingerprint density at radius 1 is 1.53 bits per heavy atom. The topological polar surface area (TPSA) is 72.9 Å². The highest BCUT2D eigenvalue weighted by Gasteiger charge is 2.13. The van der Waals surface area contributed by atoms with Crippen molar-refractivity contribution < 1.29 is 9.90 Å². The van der Waals surface area contributed by atoms with Gasteiger partial charge in [0.1, 0.15) is 11.5 Å². The Labute approximate surface area is 98.5 Å². The van der Waals surface area contributed by atoms with Crippen molar-refractivity contribution >= 4 is 5.97 Å². The van der Waals surface area contributed by atoms with E-state index in [0.717, 1.165) is 12.1 Å². The molecule has 17 heavy (non-hydrogen) atoms. The number of aromatic nitrogens is 4. The predicted octanol–water partition coefficient (Wildman–Crippen LogP) is 0.866. The summed E-state index contributed by atoms with van der Waals surface area (Å²) in [7, 11) is 1.87. The molecule has 6 nitrogen and oxygen atoms in total. The molecular formula is C11H14N4O2. The lowest BCUT2D eigenvalue weighted by Crippen LogP contribution is -2.12. The lowest BCUT2D eigenvalue weighted by atomic mass is 10.3. The van der Waals surface area contributed by atoms with Gasteiger partial charge in [-0.2, -0.15) is 5.10 Å². The van der Waals surface area contributed by atoms with E-state index in [-0.39, 0.29) is 5.69 Å². The molecule has 90 valence electrons. The molecule has 1 N–H and O–H groups in total. The molecule has 0 aromatic carbocycles. The third kappa shape index (κ3) is 2.20. The second-order valence-corrected chi connectivity index (χ2v) is 3.84. The fourth-order valence-corrected chi connectivity index (χ4v) is 1.79. The summed E-state index contributed by atoms with van der Waals surface area (Å²) in [4.78, 5) is 15.0. The average Bonchev–Trinajstić information content (AvgIpc) is 2.82. The molecule has 0 aliphatic heterocycles. The van der Waals surface area contributed by atoms with Crippen molar-refractivity contribution in [1.82, 2.24) is 19.3 Å². The Hall–Kier alpha value is -2.11. The number of rotatable bonds is 4. The van der Waals surface area contributed by atoms with Crippen molar-refractivity contribution in [3.05, 3.63) is 35.7 Å². The fourth-order valence-electron chi connectivity index (χ4n) is 1.79. The van der Waals surface area contributed by atoms with Gasteiger partial charge in [0, 0.05) is 31.9 Å². The van der Waals surface area contributed by atoms with Crippen molar-refractivity contribution in [3.8, 4) is 0 Å². The van der Waals surface area contributed by atoms with E-state index in [1.54, 1.807) is 22.4 Å². The molecule has 0 saturated carbocycles. The molecule has 2 aromatic heterocycles. The average molecular weight is 234 g/mol. The number of hydrogen-bond donors (Lipinski definition) is 1. The van der Waals surface area contributed by atoms with Gasteiger partial charge in [-0.25, -0.2) is 9.78 Å². The number of carboxylic acids is 1. The third-order valence-corrected chi connectivity index (χ3v) is 2.79. The lowest BCUT2D eigenvalue weighted by molar-refractivity contribution is 0.0684. The molecule has 2 rings (SSSR count). The first-order valence-electron chi connectivity index (χ1n) is 5.32. The van der Waals surface area contributed by atoms with Crippen LogP contribution >= 0.6 is 0 Å². The number of carboxylic acid groups (broad SMARTS) is 1. The van der Waals surface area contributed by atoms with E-state index in [4.69, 9.17) is 5.11 Å². The van der Waals surface area contributed by atoms with Crippen LogP contribution in [0.1, 0.15) is 22.0 Å². The van der Waals surface area contributed by atoms with E-state index in [9.17, 15) is 4.79 Å². The van der Waals surface area contributed by atoms with Gasteiger partial charge in [-0.15, -0.1) is 0 Å². The number of aryl methyl sites for hydroxylation is 3. The summed E-state index contributed by atoms with van der Waals surface area (Å²) in [6.07, 6.45) is 3.85. The van der Waals surface area contributed by atoms with Crippen molar-refractivity contribution in [3.63, 3.8) is 0 Å². The molecule has 0 aliphatic rings. The monoisotopic (exact) mass is 234 g/mol. The summed E-state index contributed by atoms with van der Waals surface area (Å²) in [5, 5.41) is 13.1. The van der Waals surface area contributed by atoms with Crippen LogP contribution < -0.4 is 0 Å². The molecule has 2 aromatic rings. The number of hydrogen-bond acceptors (Lipinski definition) is 3. The van der Waals surface area contributed by atoms with Crippen LogP contribution in [0.15, 0.2) is 18.5 Å². The van der Waals surface area contributed by atoms with Crippen molar-refractivity contribution in [1.29, 1.82) is 0 Å². The first-order chi connectivity index (χ1) is 8.09. The molecule has 0 amide bonds. The smallest absolute Gasteiger partial charge is 0.354 e. The van der Waals surface area contributed by atoms with E-state index in [1.165, 1.54) is 6.20 Å². The van der Waals surface area contributed by atoms with Gasteiger partial charge in [0.2, 0.25) is 0 Å². The second-order valence-electron chi connectivity index (χ2n) is 3.84. The number of nitrogens with zero attached hydrogens (tertiary/aromatic N) is 4. The number of carbonyl (C=O) groups is 1. The second kappa shape index (κ2) is 4.40. The van der Waals surface area contributed by atoms with Gasteiger partial charge in [0.15, 0.2) is 0 Å². The minimum Gasteiger partial charge on any atom is -0.477 e. The molecule has 0 aliphatic carbocycles. The zero-order chi connectivity index (χ0) is 12.4. The molecule has 0 bridgehead atoms. The van der Waals surface area contributed by atoms with Crippen LogP contribution in [0.5, 0.6) is 0 Å². The Morgan fingerprint density at radius 2 is 2.29 bits per heavy atom. The van der Waals surface area contributed by atoms with Crippen molar-refractivity contribution in [2.75, 3.05) is 0 Å². The number of imidazole rings is 1. The maximum Gasteiger partial charge on any atom is 0.354 e. The minimum absolute atomic E-state index is 0.227. The SMILES string of the molecule is Cc1ncc(C(=O)O)n1CCc1ccnn1C. The molecule has 0 fully saturated rings. The molecule has 2 heterocycles. The minimum atomic E-state index is -0.949. The fraction of sp³-hybridized carbons (Fsp3) is 0.364. The van der Waals surface area contributed by atoms with Gasteiger partial charge >= 0.3 is 5.97 Å². The van der Waals surface area contributed by atoms with Crippen molar-refractivity contribution in [2.24, 2.45) is 7.05 Å².